The summed E-state index contributed by atoms with van der Waals surface area (Å²) in [7, 11) is 1.29. The van der Waals surface area contributed by atoms with E-state index in [1.54, 1.807) is 49.4 Å². The molecule has 0 saturated carbocycles. The SMILES string of the molecule is COC(=O)c1cccc(NC(=O)C(C)Oc2ccc(C#N)cc2)c1. The molecule has 0 radical (unpaired) electrons. The minimum absolute atomic E-state index is 0.343. The van der Waals surface area contributed by atoms with Gasteiger partial charge in [-0.1, -0.05) is 6.07 Å². The summed E-state index contributed by atoms with van der Waals surface area (Å²) >= 11 is 0. The smallest absolute Gasteiger partial charge is 0.337 e. The van der Waals surface area contributed by atoms with Crippen molar-refractivity contribution in [3.05, 3.63) is 59.7 Å². The normalized spacial score (nSPS) is 11.0. The van der Waals surface area contributed by atoms with Gasteiger partial charge in [0.15, 0.2) is 6.10 Å². The molecule has 6 nitrogen and oxygen atoms in total. The third kappa shape index (κ3) is 4.34. The van der Waals surface area contributed by atoms with Crippen LogP contribution in [0.4, 0.5) is 5.69 Å². The van der Waals surface area contributed by atoms with E-state index in [4.69, 9.17) is 10.00 Å². The number of ether oxygens (including phenoxy) is 2. The minimum atomic E-state index is -0.750. The van der Waals surface area contributed by atoms with Crippen LogP contribution in [0.2, 0.25) is 0 Å². The summed E-state index contributed by atoms with van der Waals surface area (Å²) < 4.78 is 10.2. The Bertz CT molecular complexity index is 778. The summed E-state index contributed by atoms with van der Waals surface area (Å²) in [6.45, 7) is 1.61. The number of rotatable bonds is 5. The van der Waals surface area contributed by atoms with E-state index in [9.17, 15) is 9.59 Å². The molecule has 0 fully saturated rings. The van der Waals surface area contributed by atoms with Gasteiger partial charge in [-0.3, -0.25) is 4.79 Å². The summed E-state index contributed by atoms with van der Waals surface area (Å²) in [5.41, 5.74) is 1.33. The molecule has 6 heteroatoms. The minimum Gasteiger partial charge on any atom is -0.481 e. The Morgan fingerprint density at radius 1 is 1.17 bits per heavy atom. The number of carbonyl (C=O) groups excluding carboxylic acids is 2. The Morgan fingerprint density at radius 3 is 2.50 bits per heavy atom. The zero-order valence-corrected chi connectivity index (χ0v) is 13.3. The zero-order chi connectivity index (χ0) is 17.5. The molecule has 0 aromatic heterocycles. The Kier molecular flexibility index (Phi) is 5.53. The summed E-state index contributed by atoms with van der Waals surface area (Å²) in [5, 5.41) is 11.4. The second-order valence-electron chi connectivity index (χ2n) is 4.96. The first-order valence-corrected chi connectivity index (χ1v) is 7.19. The third-order valence-corrected chi connectivity index (χ3v) is 3.22. The van der Waals surface area contributed by atoms with E-state index in [1.165, 1.54) is 13.2 Å². The summed E-state index contributed by atoms with van der Waals surface area (Å²) in [6.07, 6.45) is -0.750. The van der Waals surface area contributed by atoms with Gasteiger partial charge in [0.25, 0.3) is 5.91 Å². The lowest BCUT2D eigenvalue weighted by Crippen LogP contribution is -2.30. The quantitative estimate of drug-likeness (QED) is 0.854. The van der Waals surface area contributed by atoms with Crippen LogP contribution in [0.5, 0.6) is 5.75 Å². The van der Waals surface area contributed by atoms with Crippen molar-refractivity contribution < 1.29 is 19.1 Å². The highest BCUT2D eigenvalue weighted by atomic mass is 16.5. The van der Waals surface area contributed by atoms with Crippen LogP contribution in [-0.2, 0) is 9.53 Å². The second kappa shape index (κ2) is 7.79. The van der Waals surface area contributed by atoms with Gasteiger partial charge < -0.3 is 14.8 Å². The van der Waals surface area contributed by atoms with Crippen LogP contribution in [0.15, 0.2) is 48.5 Å². The molecule has 122 valence electrons. The van der Waals surface area contributed by atoms with Gasteiger partial charge in [0.1, 0.15) is 5.75 Å². The number of nitriles is 1. The molecule has 2 rings (SSSR count). The van der Waals surface area contributed by atoms with Crippen molar-refractivity contribution in [2.75, 3.05) is 12.4 Å². The van der Waals surface area contributed by atoms with Crippen molar-refractivity contribution >= 4 is 17.6 Å². The van der Waals surface area contributed by atoms with Gasteiger partial charge >= 0.3 is 5.97 Å². The second-order valence-corrected chi connectivity index (χ2v) is 4.96. The van der Waals surface area contributed by atoms with Crippen LogP contribution in [-0.4, -0.2) is 25.1 Å². The molecule has 1 unspecified atom stereocenters. The number of anilines is 1. The van der Waals surface area contributed by atoms with Gasteiger partial charge in [0.05, 0.1) is 24.3 Å². The molecule has 0 bridgehead atoms. The van der Waals surface area contributed by atoms with E-state index in [0.29, 0.717) is 22.6 Å². The van der Waals surface area contributed by atoms with E-state index < -0.39 is 12.1 Å². The molecule has 1 N–H and O–H groups in total. The zero-order valence-electron chi connectivity index (χ0n) is 13.3. The first-order valence-electron chi connectivity index (χ1n) is 7.19. The largest absolute Gasteiger partial charge is 0.481 e. The maximum atomic E-state index is 12.2. The molecular formula is C18H16N2O4. The van der Waals surface area contributed by atoms with Gasteiger partial charge in [-0.05, 0) is 49.4 Å². The highest BCUT2D eigenvalue weighted by Gasteiger charge is 2.15. The number of nitrogens with zero attached hydrogens (tertiary/aromatic N) is 1. The topological polar surface area (TPSA) is 88.4 Å². The molecule has 0 saturated heterocycles. The first-order chi connectivity index (χ1) is 11.5. The molecule has 2 aromatic carbocycles. The van der Waals surface area contributed by atoms with Gasteiger partial charge in [-0.2, -0.15) is 5.26 Å². The molecule has 1 amide bonds. The fourth-order valence-corrected chi connectivity index (χ4v) is 1.95. The van der Waals surface area contributed by atoms with Crippen molar-refractivity contribution in [3.8, 4) is 11.8 Å². The average molecular weight is 324 g/mol. The highest BCUT2D eigenvalue weighted by Crippen LogP contribution is 2.15. The fourth-order valence-electron chi connectivity index (χ4n) is 1.95. The fraction of sp³-hybridized carbons (Fsp3) is 0.167. The third-order valence-electron chi connectivity index (χ3n) is 3.22. The van der Waals surface area contributed by atoms with E-state index in [-0.39, 0.29) is 5.91 Å². The van der Waals surface area contributed by atoms with Crippen molar-refractivity contribution in [1.82, 2.24) is 0 Å². The molecule has 0 heterocycles. The number of methoxy groups -OCH3 is 1. The standard InChI is InChI=1S/C18H16N2O4/c1-12(24-16-8-6-13(11-19)7-9-16)17(21)20-15-5-3-4-14(10-15)18(22)23-2/h3-10,12H,1-2H3,(H,20,21). The molecule has 0 aliphatic rings. The van der Waals surface area contributed by atoms with Crippen molar-refractivity contribution in [1.29, 1.82) is 5.26 Å². The molecule has 0 spiro atoms. The Balaban J connectivity index is 2.00. The summed E-state index contributed by atoms with van der Waals surface area (Å²) in [4.78, 5) is 23.7. The number of hydrogen-bond donors (Lipinski definition) is 1. The van der Waals surface area contributed by atoms with E-state index in [1.807, 2.05) is 6.07 Å². The van der Waals surface area contributed by atoms with Crippen LogP contribution < -0.4 is 10.1 Å². The predicted molar refractivity (Wildman–Crippen MR) is 87.7 cm³/mol. The maximum absolute atomic E-state index is 12.2. The Hall–Kier alpha value is -3.33. The number of amides is 1. The van der Waals surface area contributed by atoms with Crippen LogP contribution >= 0.6 is 0 Å². The van der Waals surface area contributed by atoms with E-state index in [2.05, 4.69) is 10.1 Å². The molecule has 24 heavy (non-hydrogen) atoms. The lowest BCUT2D eigenvalue weighted by molar-refractivity contribution is -0.122. The van der Waals surface area contributed by atoms with E-state index >= 15 is 0 Å². The van der Waals surface area contributed by atoms with Gasteiger partial charge in [-0.25, -0.2) is 4.79 Å². The van der Waals surface area contributed by atoms with Gasteiger partial charge in [-0.15, -0.1) is 0 Å². The average Bonchev–Trinajstić information content (AvgIpc) is 2.61. The van der Waals surface area contributed by atoms with Crippen LogP contribution in [0.1, 0.15) is 22.8 Å². The van der Waals surface area contributed by atoms with Crippen molar-refractivity contribution in [2.45, 2.75) is 13.0 Å². The molecule has 0 aliphatic heterocycles. The number of nitrogens with one attached hydrogen (secondary N) is 1. The van der Waals surface area contributed by atoms with Crippen molar-refractivity contribution in [3.63, 3.8) is 0 Å². The monoisotopic (exact) mass is 324 g/mol. The van der Waals surface area contributed by atoms with Gasteiger partial charge in [0, 0.05) is 5.69 Å². The lowest BCUT2D eigenvalue weighted by atomic mass is 10.2. The van der Waals surface area contributed by atoms with Crippen LogP contribution in [0, 0.1) is 11.3 Å². The number of carbonyl (C=O) groups is 2. The number of benzene rings is 2. The number of esters is 1. The number of hydrogen-bond acceptors (Lipinski definition) is 5. The highest BCUT2D eigenvalue weighted by molar-refractivity contribution is 5.96. The molecule has 2 aromatic rings. The first kappa shape index (κ1) is 17.0. The molecule has 0 aliphatic carbocycles. The molecular weight excluding hydrogens is 308 g/mol. The van der Waals surface area contributed by atoms with Gasteiger partial charge in [0.2, 0.25) is 0 Å². The van der Waals surface area contributed by atoms with Crippen LogP contribution in [0.25, 0.3) is 0 Å². The summed E-state index contributed by atoms with van der Waals surface area (Å²) in [6, 6.07) is 14.9. The Labute approximate surface area is 139 Å². The van der Waals surface area contributed by atoms with E-state index in [0.717, 1.165) is 0 Å². The summed E-state index contributed by atoms with van der Waals surface area (Å²) in [5.74, 6) is -0.352. The molecule has 1 atom stereocenters. The van der Waals surface area contributed by atoms with Crippen molar-refractivity contribution in [2.24, 2.45) is 0 Å². The maximum Gasteiger partial charge on any atom is 0.337 e. The predicted octanol–water partition coefficient (Wildman–Crippen LogP) is 2.75. The Morgan fingerprint density at radius 2 is 1.88 bits per heavy atom. The van der Waals surface area contributed by atoms with Crippen LogP contribution in [0.3, 0.4) is 0 Å². The lowest BCUT2D eigenvalue weighted by Gasteiger charge is -2.15.